The third-order valence-corrected chi connectivity index (χ3v) is 5.45. The molecule has 1 aromatic carbocycles. The summed E-state index contributed by atoms with van der Waals surface area (Å²) in [6, 6.07) is 8.77. The second-order valence-electron chi connectivity index (χ2n) is 7.21. The molecule has 6 heteroatoms. The van der Waals surface area contributed by atoms with Crippen LogP contribution in [0.5, 0.6) is 0 Å². The molecule has 2 aliphatic heterocycles. The van der Waals surface area contributed by atoms with E-state index in [1.165, 1.54) is 25.3 Å². The number of carbonyl (C=O) groups excluding carboxylic acids is 1. The zero-order valence-corrected chi connectivity index (χ0v) is 15.5. The average Bonchev–Trinajstić information content (AvgIpc) is 2.74. The molecule has 3 heterocycles. The smallest absolute Gasteiger partial charge is 0.255 e. The first kappa shape index (κ1) is 17.8. The van der Waals surface area contributed by atoms with Gasteiger partial charge in [-0.15, -0.1) is 0 Å². The second-order valence-corrected chi connectivity index (χ2v) is 7.21. The van der Waals surface area contributed by atoms with E-state index in [4.69, 9.17) is 0 Å². The number of anilines is 2. The number of hydrogen-bond donors (Lipinski definition) is 0. The fourth-order valence-electron chi connectivity index (χ4n) is 3.91. The lowest BCUT2D eigenvalue weighted by molar-refractivity contribution is 0.0746. The van der Waals surface area contributed by atoms with Gasteiger partial charge in [-0.25, -0.2) is 4.39 Å². The van der Waals surface area contributed by atoms with E-state index in [1.54, 1.807) is 18.3 Å². The molecule has 4 rings (SSSR count). The number of nitrogens with zero attached hydrogens (tertiary/aromatic N) is 4. The van der Waals surface area contributed by atoms with Crippen LogP contribution in [-0.2, 0) is 0 Å². The van der Waals surface area contributed by atoms with Crippen LogP contribution in [0.4, 0.5) is 15.8 Å². The summed E-state index contributed by atoms with van der Waals surface area (Å²) in [5, 5.41) is 0. The van der Waals surface area contributed by atoms with Crippen molar-refractivity contribution in [3.63, 3.8) is 0 Å². The molecule has 0 bridgehead atoms. The van der Waals surface area contributed by atoms with Gasteiger partial charge in [-0.05, 0) is 37.5 Å². The number of amides is 1. The molecule has 0 aliphatic carbocycles. The number of halogens is 1. The summed E-state index contributed by atoms with van der Waals surface area (Å²) < 4.78 is 14.0. The van der Waals surface area contributed by atoms with Crippen LogP contribution in [-0.4, -0.2) is 55.1 Å². The van der Waals surface area contributed by atoms with E-state index in [-0.39, 0.29) is 11.7 Å². The van der Waals surface area contributed by atoms with Crippen molar-refractivity contribution in [3.05, 3.63) is 54.1 Å². The van der Waals surface area contributed by atoms with Crippen molar-refractivity contribution in [2.45, 2.75) is 19.3 Å². The molecule has 0 atom stereocenters. The van der Waals surface area contributed by atoms with E-state index in [0.29, 0.717) is 37.4 Å². The number of hydrogen-bond acceptors (Lipinski definition) is 4. The van der Waals surface area contributed by atoms with Crippen molar-refractivity contribution < 1.29 is 9.18 Å². The molecule has 0 saturated carbocycles. The largest absolute Gasteiger partial charge is 0.370 e. The maximum absolute atomic E-state index is 14.0. The van der Waals surface area contributed by atoms with Crippen LogP contribution in [0.15, 0.2) is 42.7 Å². The molecular formula is C21H25FN4O. The van der Waals surface area contributed by atoms with Crippen LogP contribution in [0.1, 0.15) is 29.6 Å². The van der Waals surface area contributed by atoms with E-state index < -0.39 is 0 Å². The normalized spacial score (nSPS) is 17.9. The van der Waals surface area contributed by atoms with Gasteiger partial charge in [-0.2, -0.15) is 0 Å². The minimum absolute atomic E-state index is 0.00884. The summed E-state index contributed by atoms with van der Waals surface area (Å²) in [6.07, 6.45) is 7.15. The van der Waals surface area contributed by atoms with Gasteiger partial charge < -0.3 is 14.7 Å². The van der Waals surface area contributed by atoms with Gasteiger partial charge in [0, 0.05) is 45.5 Å². The van der Waals surface area contributed by atoms with E-state index in [9.17, 15) is 9.18 Å². The quantitative estimate of drug-likeness (QED) is 0.834. The number of para-hydroxylation sites is 1. The van der Waals surface area contributed by atoms with Gasteiger partial charge in [0.05, 0.1) is 23.1 Å². The number of pyridine rings is 1. The van der Waals surface area contributed by atoms with E-state index in [0.717, 1.165) is 18.8 Å². The average molecular weight is 368 g/mol. The van der Waals surface area contributed by atoms with Crippen molar-refractivity contribution in [1.82, 2.24) is 9.88 Å². The molecule has 1 aromatic heterocycles. The van der Waals surface area contributed by atoms with Gasteiger partial charge in [0.15, 0.2) is 0 Å². The standard InChI is InChI=1S/C21H25FN4O/c22-19-6-2-3-7-20(19)25-10-12-26(13-11-25)21(27)17-14-18(16-23-15-17)24-8-4-1-5-9-24/h2-3,6-7,14-16H,1,4-5,8-13H2. The molecule has 2 saturated heterocycles. The van der Waals surface area contributed by atoms with Crippen LogP contribution in [0.25, 0.3) is 0 Å². The highest BCUT2D eigenvalue weighted by Gasteiger charge is 2.24. The highest BCUT2D eigenvalue weighted by Crippen LogP contribution is 2.23. The van der Waals surface area contributed by atoms with Crippen LogP contribution in [0.3, 0.4) is 0 Å². The molecular weight excluding hydrogens is 343 g/mol. The van der Waals surface area contributed by atoms with Gasteiger partial charge in [0.25, 0.3) is 5.91 Å². The maximum atomic E-state index is 14.0. The summed E-state index contributed by atoms with van der Waals surface area (Å²) in [5.41, 5.74) is 2.28. The summed E-state index contributed by atoms with van der Waals surface area (Å²) in [6.45, 7) is 4.49. The van der Waals surface area contributed by atoms with Crippen LogP contribution in [0, 0.1) is 5.82 Å². The summed E-state index contributed by atoms with van der Waals surface area (Å²) in [5.74, 6) is -0.203. The summed E-state index contributed by atoms with van der Waals surface area (Å²) in [4.78, 5) is 23.4. The van der Waals surface area contributed by atoms with Crippen LogP contribution < -0.4 is 9.80 Å². The molecule has 0 spiro atoms. The number of benzene rings is 1. The van der Waals surface area contributed by atoms with Crippen LogP contribution >= 0.6 is 0 Å². The first-order valence-corrected chi connectivity index (χ1v) is 9.71. The molecule has 0 radical (unpaired) electrons. The number of piperidine rings is 1. The zero-order valence-electron chi connectivity index (χ0n) is 15.5. The Hall–Kier alpha value is -2.63. The Labute approximate surface area is 159 Å². The van der Waals surface area contributed by atoms with Gasteiger partial charge in [-0.3, -0.25) is 9.78 Å². The second kappa shape index (κ2) is 7.94. The lowest BCUT2D eigenvalue weighted by atomic mass is 10.1. The zero-order chi connectivity index (χ0) is 18.6. The van der Waals surface area contributed by atoms with Crippen molar-refractivity contribution in [3.8, 4) is 0 Å². The van der Waals surface area contributed by atoms with Crippen LogP contribution in [0.2, 0.25) is 0 Å². The highest BCUT2D eigenvalue weighted by atomic mass is 19.1. The van der Waals surface area contributed by atoms with Crippen molar-refractivity contribution in [1.29, 1.82) is 0 Å². The third kappa shape index (κ3) is 3.89. The lowest BCUT2D eigenvalue weighted by Crippen LogP contribution is -2.49. The van der Waals surface area contributed by atoms with Gasteiger partial charge in [-0.1, -0.05) is 12.1 Å². The Kier molecular flexibility index (Phi) is 5.23. The Morgan fingerprint density at radius 3 is 2.37 bits per heavy atom. The Morgan fingerprint density at radius 2 is 1.63 bits per heavy atom. The lowest BCUT2D eigenvalue weighted by Gasteiger charge is -2.36. The number of rotatable bonds is 3. The minimum Gasteiger partial charge on any atom is -0.370 e. The van der Waals surface area contributed by atoms with Crippen molar-refractivity contribution >= 4 is 17.3 Å². The minimum atomic E-state index is -0.212. The molecule has 1 amide bonds. The van der Waals surface area contributed by atoms with Crippen molar-refractivity contribution in [2.24, 2.45) is 0 Å². The molecule has 142 valence electrons. The van der Waals surface area contributed by atoms with E-state index >= 15 is 0 Å². The number of piperazine rings is 1. The maximum Gasteiger partial charge on any atom is 0.255 e. The molecule has 27 heavy (non-hydrogen) atoms. The first-order chi connectivity index (χ1) is 13.2. The topological polar surface area (TPSA) is 39.7 Å². The SMILES string of the molecule is O=C(c1cncc(N2CCCCC2)c1)N1CCN(c2ccccc2F)CC1. The number of aromatic nitrogens is 1. The van der Waals surface area contributed by atoms with E-state index in [2.05, 4.69) is 9.88 Å². The Balaban J connectivity index is 1.41. The first-order valence-electron chi connectivity index (χ1n) is 9.71. The summed E-state index contributed by atoms with van der Waals surface area (Å²) in [7, 11) is 0. The van der Waals surface area contributed by atoms with Gasteiger partial charge in [0.2, 0.25) is 0 Å². The van der Waals surface area contributed by atoms with Gasteiger partial charge >= 0.3 is 0 Å². The Morgan fingerprint density at radius 1 is 0.889 bits per heavy atom. The molecule has 2 aromatic rings. The third-order valence-electron chi connectivity index (χ3n) is 5.45. The molecule has 5 nitrogen and oxygen atoms in total. The molecule has 2 aliphatic rings. The monoisotopic (exact) mass is 368 g/mol. The predicted molar refractivity (Wildman–Crippen MR) is 105 cm³/mol. The fourth-order valence-corrected chi connectivity index (χ4v) is 3.91. The predicted octanol–water partition coefficient (Wildman–Crippen LogP) is 3.17. The molecule has 0 N–H and O–H groups in total. The van der Waals surface area contributed by atoms with Crippen molar-refractivity contribution in [2.75, 3.05) is 49.1 Å². The number of carbonyl (C=O) groups is 1. The van der Waals surface area contributed by atoms with Gasteiger partial charge in [0.1, 0.15) is 5.82 Å². The highest BCUT2D eigenvalue weighted by molar-refractivity contribution is 5.95. The summed E-state index contributed by atoms with van der Waals surface area (Å²) >= 11 is 0. The Bertz CT molecular complexity index is 798. The molecule has 2 fully saturated rings. The van der Waals surface area contributed by atoms with E-state index in [1.807, 2.05) is 28.1 Å². The molecule has 0 unspecified atom stereocenters. The fraction of sp³-hybridized carbons (Fsp3) is 0.429.